The number of alkyl halides is 1. The molecule has 3 heteroatoms. The second kappa shape index (κ2) is 5.78. The zero-order valence-corrected chi connectivity index (χ0v) is 7.18. The Morgan fingerprint density at radius 3 is 2.75 bits per heavy atom. The predicted octanol–water partition coefficient (Wildman–Crippen LogP) is 0.739. The van der Waals surface area contributed by atoms with Gasteiger partial charge in [0.05, 0.1) is 0 Å². The highest BCUT2D eigenvalue weighted by Gasteiger charge is 1.95. The first-order valence-corrected chi connectivity index (χ1v) is 4.24. The highest BCUT2D eigenvalue weighted by molar-refractivity contribution is 14.1. The van der Waals surface area contributed by atoms with Gasteiger partial charge in [-0.2, -0.15) is 0 Å². The van der Waals surface area contributed by atoms with Gasteiger partial charge in [0, 0.05) is 17.2 Å². The molecular weight excluding hydrogens is 217 g/mol. The lowest BCUT2D eigenvalue weighted by atomic mass is 10.2. The van der Waals surface area contributed by atoms with Crippen LogP contribution in [0.3, 0.4) is 0 Å². The van der Waals surface area contributed by atoms with Gasteiger partial charge >= 0.3 is 0 Å². The average Bonchev–Trinajstić information content (AvgIpc) is 1.68. The number of hydrogen-bond donors (Lipinski definition) is 2. The average molecular weight is 229 g/mol. The summed E-state index contributed by atoms with van der Waals surface area (Å²) in [5.74, 6) is 0. The van der Waals surface area contributed by atoms with Crippen LogP contribution in [0.5, 0.6) is 0 Å². The first-order valence-electron chi connectivity index (χ1n) is 2.71. The van der Waals surface area contributed by atoms with E-state index >= 15 is 0 Å². The summed E-state index contributed by atoms with van der Waals surface area (Å²) in [6.07, 6.45) is 0.850. The lowest BCUT2D eigenvalue weighted by Crippen LogP contribution is -2.24. The van der Waals surface area contributed by atoms with Crippen LogP contribution in [-0.2, 0) is 0 Å². The maximum Gasteiger partial charge on any atom is 0.0482 e. The van der Waals surface area contributed by atoms with E-state index in [9.17, 15) is 0 Å². The molecule has 2 nitrogen and oxygen atoms in total. The Morgan fingerprint density at radius 2 is 2.38 bits per heavy atom. The number of aliphatic hydroxyl groups excluding tert-OH is 1. The molecule has 0 aromatic heterocycles. The molecular formula is C5H12INO. The highest BCUT2D eigenvalue weighted by Crippen LogP contribution is 1.88. The van der Waals surface area contributed by atoms with Crippen molar-refractivity contribution in [3.05, 3.63) is 0 Å². The summed E-state index contributed by atoms with van der Waals surface area (Å²) in [6.45, 7) is 2.35. The van der Waals surface area contributed by atoms with Crippen molar-refractivity contribution >= 4 is 22.6 Å². The van der Waals surface area contributed by atoms with E-state index in [0.29, 0.717) is 6.04 Å². The summed E-state index contributed by atoms with van der Waals surface area (Å²) >= 11 is 2.25. The van der Waals surface area contributed by atoms with Gasteiger partial charge < -0.3 is 10.4 Å². The number of aliphatic hydroxyl groups is 1. The molecule has 0 fully saturated rings. The summed E-state index contributed by atoms with van der Waals surface area (Å²) in [5.41, 5.74) is 0. The molecule has 0 aliphatic heterocycles. The third kappa shape index (κ3) is 4.80. The van der Waals surface area contributed by atoms with E-state index in [-0.39, 0.29) is 6.61 Å². The molecule has 0 saturated heterocycles. The fourth-order valence-electron chi connectivity index (χ4n) is 0.427. The maximum absolute atomic E-state index is 8.42. The first-order chi connectivity index (χ1) is 3.81. The lowest BCUT2D eigenvalue weighted by Gasteiger charge is -2.07. The van der Waals surface area contributed by atoms with Crippen LogP contribution in [0.2, 0.25) is 0 Å². The maximum atomic E-state index is 8.42. The fourth-order valence-corrected chi connectivity index (χ4v) is 1.18. The van der Waals surface area contributed by atoms with Crippen LogP contribution in [0, 0.1) is 0 Å². The minimum absolute atomic E-state index is 0.283. The largest absolute Gasteiger partial charge is 0.396 e. The third-order valence-corrected chi connectivity index (χ3v) is 1.43. The molecule has 1 unspecified atom stereocenters. The highest BCUT2D eigenvalue weighted by atomic mass is 127. The molecule has 0 spiro atoms. The van der Waals surface area contributed by atoms with Gasteiger partial charge in [0.25, 0.3) is 0 Å². The van der Waals surface area contributed by atoms with Crippen LogP contribution in [0.25, 0.3) is 0 Å². The van der Waals surface area contributed by atoms with E-state index in [2.05, 4.69) is 34.8 Å². The third-order valence-electron chi connectivity index (χ3n) is 0.988. The van der Waals surface area contributed by atoms with Crippen molar-refractivity contribution in [2.75, 3.05) is 11.2 Å². The van der Waals surface area contributed by atoms with Crippen molar-refractivity contribution in [3.63, 3.8) is 0 Å². The van der Waals surface area contributed by atoms with E-state index in [0.717, 1.165) is 11.0 Å². The second-order valence-electron chi connectivity index (χ2n) is 1.75. The number of hydrogen-bond acceptors (Lipinski definition) is 2. The quantitative estimate of drug-likeness (QED) is 0.423. The van der Waals surface area contributed by atoms with E-state index in [1.165, 1.54) is 0 Å². The standard InChI is InChI=1S/C5H12INO/c1-5(2-3-8)7-4-6/h5,7-8H,2-4H2,1H3. The van der Waals surface area contributed by atoms with Gasteiger partial charge in [-0.25, -0.2) is 0 Å². The first kappa shape index (κ1) is 8.65. The normalized spacial score (nSPS) is 13.9. The Balaban J connectivity index is 2.92. The second-order valence-corrected chi connectivity index (χ2v) is 2.51. The molecule has 0 bridgehead atoms. The Bertz CT molecular complexity index is 45.7. The van der Waals surface area contributed by atoms with Crippen LogP contribution in [-0.4, -0.2) is 22.3 Å². The van der Waals surface area contributed by atoms with Crippen molar-refractivity contribution in [1.82, 2.24) is 5.32 Å². The zero-order valence-electron chi connectivity index (χ0n) is 5.02. The Morgan fingerprint density at radius 1 is 1.75 bits per heavy atom. The molecule has 0 heterocycles. The molecule has 0 saturated carbocycles. The van der Waals surface area contributed by atoms with Crippen molar-refractivity contribution in [2.24, 2.45) is 0 Å². The van der Waals surface area contributed by atoms with Gasteiger partial charge in [-0.3, -0.25) is 0 Å². The molecule has 8 heavy (non-hydrogen) atoms. The molecule has 2 N–H and O–H groups in total. The van der Waals surface area contributed by atoms with Crippen LogP contribution in [0.1, 0.15) is 13.3 Å². The Labute approximate surface area is 63.8 Å². The molecule has 0 aliphatic carbocycles. The molecule has 0 aliphatic rings. The Hall–Kier alpha value is 0.650. The van der Waals surface area contributed by atoms with Gasteiger partial charge in [0.15, 0.2) is 0 Å². The van der Waals surface area contributed by atoms with Crippen LogP contribution in [0.4, 0.5) is 0 Å². The summed E-state index contributed by atoms with van der Waals surface area (Å²) in [7, 11) is 0. The minimum Gasteiger partial charge on any atom is -0.396 e. The van der Waals surface area contributed by atoms with Crippen molar-refractivity contribution in [3.8, 4) is 0 Å². The topological polar surface area (TPSA) is 32.3 Å². The van der Waals surface area contributed by atoms with Crippen LogP contribution < -0.4 is 5.32 Å². The van der Waals surface area contributed by atoms with Crippen molar-refractivity contribution in [1.29, 1.82) is 0 Å². The van der Waals surface area contributed by atoms with Gasteiger partial charge in [0.1, 0.15) is 0 Å². The smallest absolute Gasteiger partial charge is 0.0482 e. The molecule has 0 aromatic rings. The Kier molecular flexibility index (Phi) is 6.25. The summed E-state index contributed by atoms with van der Waals surface area (Å²) in [6, 6.07) is 0.455. The summed E-state index contributed by atoms with van der Waals surface area (Å²) in [5, 5.41) is 11.6. The molecule has 50 valence electrons. The number of nitrogens with one attached hydrogen (secondary N) is 1. The van der Waals surface area contributed by atoms with Gasteiger partial charge in [-0.1, -0.05) is 22.6 Å². The molecule has 0 rings (SSSR count). The summed E-state index contributed by atoms with van der Waals surface area (Å²) < 4.78 is 0.957. The van der Waals surface area contributed by atoms with Crippen molar-refractivity contribution in [2.45, 2.75) is 19.4 Å². The monoisotopic (exact) mass is 229 g/mol. The van der Waals surface area contributed by atoms with Crippen molar-refractivity contribution < 1.29 is 5.11 Å². The predicted molar refractivity (Wildman–Crippen MR) is 43.2 cm³/mol. The molecule has 0 amide bonds. The van der Waals surface area contributed by atoms with Crippen LogP contribution >= 0.6 is 22.6 Å². The molecule has 0 aromatic carbocycles. The van der Waals surface area contributed by atoms with E-state index in [1.807, 2.05) is 0 Å². The number of rotatable bonds is 4. The van der Waals surface area contributed by atoms with Gasteiger partial charge in [0.2, 0.25) is 0 Å². The van der Waals surface area contributed by atoms with E-state index in [1.54, 1.807) is 0 Å². The molecule has 1 atom stereocenters. The van der Waals surface area contributed by atoms with E-state index in [4.69, 9.17) is 5.11 Å². The van der Waals surface area contributed by atoms with E-state index < -0.39 is 0 Å². The zero-order chi connectivity index (χ0) is 6.41. The lowest BCUT2D eigenvalue weighted by molar-refractivity contribution is 0.272. The summed E-state index contributed by atoms with van der Waals surface area (Å²) in [4.78, 5) is 0. The number of halogens is 1. The minimum atomic E-state index is 0.283. The van der Waals surface area contributed by atoms with Gasteiger partial charge in [-0.15, -0.1) is 0 Å². The van der Waals surface area contributed by atoms with Gasteiger partial charge in [-0.05, 0) is 13.3 Å². The fraction of sp³-hybridized carbons (Fsp3) is 1.00. The van der Waals surface area contributed by atoms with Crippen LogP contribution in [0.15, 0.2) is 0 Å². The SMILES string of the molecule is CC(CCO)NCI. The molecule has 0 radical (unpaired) electrons.